The van der Waals surface area contributed by atoms with Gasteiger partial charge in [-0.15, -0.1) is 0 Å². The fourth-order valence-corrected chi connectivity index (χ4v) is 3.36. The van der Waals surface area contributed by atoms with Crippen LogP contribution in [-0.4, -0.2) is 22.0 Å². The lowest BCUT2D eigenvalue weighted by atomic mass is 10.1. The minimum atomic E-state index is -4.92. The molecule has 0 spiro atoms. The number of nitrogens with two attached hydrogens (primary N) is 1. The van der Waals surface area contributed by atoms with E-state index in [0.29, 0.717) is 5.56 Å². The average molecular weight is 544 g/mol. The van der Waals surface area contributed by atoms with Gasteiger partial charge in [-0.1, -0.05) is 64.2 Å². The van der Waals surface area contributed by atoms with Crippen molar-refractivity contribution in [3.63, 3.8) is 0 Å². The van der Waals surface area contributed by atoms with Crippen LogP contribution >= 0.6 is 34.8 Å². The van der Waals surface area contributed by atoms with Gasteiger partial charge in [0.05, 0.1) is 22.3 Å². The lowest BCUT2D eigenvalue weighted by Crippen LogP contribution is -2.23. The molecule has 3 aromatic rings. The van der Waals surface area contributed by atoms with Gasteiger partial charge >= 0.3 is 18.2 Å². The Labute approximate surface area is 202 Å². The van der Waals surface area contributed by atoms with Crippen molar-refractivity contribution < 1.29 is 30.9 Å². The molecule has 0 aliphatic heterocycles. The van der Waals surface area contributed by atoms with Crippen LogP contribution in [0.3, 0.4) is 0 Å². The number of hydrogen-bond acceptors (Lipinski definition) is 5. The van der Waals surface area contributed by atoms with Gasteiger partial charge in [-0.05, 0) is 23.8 Å². The van der Waals surface area contributed by atoms with Gasteiger partial charge in [0.15, 0.2) is 0 Å². The number of alkyl halides is 6. The molecule has 5 nitrogen and oxygen atoms in total. The number of halogens is 9. The Hall–Kier alpha value is -2.76. The molecule has 1 aromatic heterocycles. The van der Waals surface area contributed by atoms with E-state index < -0.39 is 29.0 Å². The molecule has 0 amide bonds. The molecule has 34 heavy (non-hydrogen) atoms. The normalized spacial score (nSPS) is 13.7. The summed E-state index contributed by atoms with van der Waals surface area (Å²) in [5, 5.41) is 2.65. The van der Waals surface area contributed by atoms with Gasteiger partial charge in [0.25, 0.3) is 0 Å². The van der Waals surface area contributed by atoms with Gasteiger partial charge in [-0.25, -0.2) is 0 Å². The first kappa shape index (κ1) is 25.9. The minimum absolute atomic E-state index is 0.00713. The monoisotopic (exact) mass is 542 g/mol. The molecule has 0 atom stereocenters. The van der Waals surface area contributed by atoms with E-state index in [2.05, 4.69) is 19.7 Å². The van der Waals surface area contributed by atoms with Crippen molar-refractivity contribution in [1.82, 2.24) is 10.1 Å². The van der Waals surface area contributed by atoms with E-state index in [1.165, 1.54) is 42.5 Å². The number of nitrogens with zero attached hydrogens (tertiary/aromatic N) is 3. The predicted octanol–water partition coefficient (Wildman–Crippen LogP) is 7.02. The average Bonchev–Trinajstić information content (AvgIpc) is 3.25. The Balaban J connectivity index is 1.94. The van der Waals surface area contributed by atoms with Crippen LogP contribution in [0.25, 0.3) is 11.4 Å². The van der Waals surface area contributed by atoms with Gasteiger partial charge in [-0.3, -0.25) is 4.99 Å². The number of allylic oxidation sites excluding steroid dienone is 2. The van der Waals surface area contributed by atoms with Crippen LogP contribution < -0.4 is 5.73 Å². The van der Waals surface area contributed by atoms with Crippen LogP contribution in [0.2, 0.25) is 10.0 Å². The van der Waals surface area contributed by atoms with E-state index in [0.717, 1.165) is 0 Å². The molecule has 0 saturated heterocycles. The molecular weight excluding hydrogens is 533 g/mol. The summed E-state index contributed by atoms with van der Waals surface area (Å²) in [5.74, 6) is -1.79. The molecule has 0 bridgehead atoms. The smallest absolute Gasteiger partial charge is 0.393 e. The Morgan fingerprint density at radius 3 is 2.18 bits per heavy atom. The largest absolute Gasteiger partial charge is 0.471 e. The SMILES string of the molecule is NC(=C(Cl)C(=NCc1ccc(-c2noc(C(F)(F)F)n2)cc1)c1ccc(Cl)cc1Cl)C(F)(F)F. The van der Waals surface area contributed by atoms with Crippen LogP contribution in [0.4, 0.5) is 26.3 Å². The molecule has 0 saturated carbocycles. The highest BCUT2D eigenvalue weighted by Gasteiger charge is 2.38. The van der Waals surface area contributed by atoms with Gasteiger partial charge in [0.1, 0.15) is 5.70 Å². The van der Waals surface area contributed by atoms with Crippen LogP contribution in [0.1, 0.15) is 17.0 Å². The Bertz CT molecular complexity index is 1250. The van der Waals surface area contributed by atoms with Crippen molar-refractivity contribution in [2.45, 2.75) is 18.9 Å². The third-order valence-electron chi connectivity index (χ3n) is 4.24. The van der Waals surface area contributed by atoms with E-state index in [4.69, 9.17) is 40.5 Å². The zero-order valence-corrected chi connectivity index (χ0v) is 18.7. The van der Waals surface area contributed by atoms with Gasteiger partial charge in [-0.2, -0.15) is 31.3 Å². The molecule has 0 aliphatic rings. The van der Waals surface area contributed by atoms with E-state index in [-0.39, 0.29) is 39.3 Å². The highest BCUT2D eigenvalue weighted by atomic mass is 35.5. The molecule has 2 N–H and O–H groups in total. The Kier molecular flexibility index (Phi) is 7.49. The van der Waals surface area contributed by atoms with Crippen LogP contribution in [0, 0.1) is 0 Å². The summed E-state index contributed by atoms with van der Waals surface area (Å²) in [7, 11) is 0. The minimum Gasteiger partial charge on any atom is -0.393 e. The molecule has 0 fully saturated rings. The summed E-state index contributed by atoms with van der Waals surface area (Å²) >= 11 is 17.9. The second kappa shape index (κ2) is 9.85. The molecule has 0 unspecified atom stereocenters. The second-order valence-electron chi connectivity index (χ2n) is 6.63. The first-order valence-corrected chi connectivity index (χ1v) is 10.1. The first-order chi connectivity index (χ1) is 15.8. The van der Waals surface area contributed by atoms with E-state index >= 15 is 0 Å². The number of aliphatic imine (C=N–C) groups is 1. The second-order valence-corrected chi connectivity index (χ2v) is 7.85. The van der Waals surface area contributed by atoms with Crippen molar-refractivity contribution in [3.05, 3.63) is 80.3 Å². The molecule has 0 aliphatic carbocycles. The molecular formula is C20H11Cl3F6N4O. The van der Waals surface area contributed by atoms with Gasteiger partial charge in [0, 0.05) is 16.1 Å². The lowest BCUT2D eigenvalue weighted by Gasteiger charge is -2.13. The van der Waals surface area contributed by atoms with Crippen molar-refractivity contribution >= 4 is 40.5 Å². The zero-order chi connectivity index (χ0) is 25.3. The fourth-order valence-electron chi connectivity index (χ4n) is 2.59. The number of aromatic nitrogens is 2. The number of hydrogen-bond donors (Lipinski definition) is 1. The number of rotatable bonds is 5. The van der Waals surface area contributed by atoms with E-state index in [9.17, 15) is 26.3 Å². The summed E-state index contributed by atoms with van der Waals surface area (Å²) < 4.78 is 81.4. The third-order valence-corrected chi connectivity index (χ3v) is 5.17. The van der Waals surface area contributed by atoms with Crippen LogP contribution in [0.5, 0.6) is 0 Å². The maximum Gasteiger partial charge on any atom is 0.471 e. The maximum absolute atomic E-state index is 13.1. The summed E-state index contributed by atoms with van der Waals surface area (Å²) in [4.78, 5) is 7.43. The highest BCUT2D eigenvalue weighted by molar-refractivity contribution is 6.49. The van der Waals surface area contributed by atoms with Crippen molar-refractivity contribution in [2.24, 2.45) is 10.7 Å². The van der Waals surface area contributed by atoms with Crippen molar-refractivity contribution in [1.29, 1.82) is 0 Å². The summed E-state index contributed by atoms with van der Waals surface area (Å²) in [6.07, 6.45) is -9.71. The molecule has 0 radical (unpaired) electrons. The molecule has 180 valence electrons. The van der Waals surface area contributed by atoms with E-state index in [1.54, 1.807) is 0 Å². The quantitative estimate of drug-likeness (QED) is 0.277. The van der Waals surface area contributed by atoms with Crippen LogP contribution in [0.15, 0.2) is 62.7 Å². The summed E-state index contributed by atoms with van der Waals surface area (Å²) in [6.45, 7) is -0.171. The zero-order valence-electron chi connectivity index (χ0n) is 16.5. The Morgan fingerprint density at radius 1 is 1.00 bits per heavy atom. The van der Waals surface area contributed by atoms with Gasteiger partial charge in [0.2, 0.25) is 5.82 Å². The molecule has 14 heteroatoms. The summed E-state index contributed by atoms with van der Waals surface area (Å²) in [5.41, 5.74) is 4.03. The van der Waals surface area contributed by atoms with Gasteiger partial charge < -0.3 is 10.3 Å². The molecule has 3 rings (SSSR count). The molecule has 1 heterocycles. The fraction of sp³-hybridized carbons (Fsp3) is 0.150. The van der Waals surface area contributed by atoms with Crippen molar-refractivity contribution in [2.75, 3.05) is 0 Å². The predicted molar refractivity (Wildman–Crippen MR) is 115 cm³/mol. The first-order valence-electron chi connectivity index (χ1n) is 9.00. The maximum atomic E-state index is 13.1. The third kappa shape index (κ3) is 6.02. The van der Waals surface area contributed by atoms with Crippen molar-refractivity contribution in [3.8, 4) is 11.4 Å². The van der Waals surface area contributed by atoms with E-state index in [1.807, 2.05) is 0 Å². The number of benzene rings is 2. The standard InChI is InChI=1S/C20H11Cl3F6N4O/c21-11-5-6-12(13(22)7-11)15(14(23)16(30)19(24,25)26)31-8-9-1-3-10(4-2-9)17-32-18(34-33-17)20(27,28)29/h1-7H,8,30H2. The lowest BCUT2D eigenvalue weighted by molar-refractivity contribution is -0.159. The highest BCUT2D eigenvalue weighted by Crippen LogP contribution is 2.32. The Morgan fingerprint density at radius 2 is 1.65 bits per heavy atom. The summed E-state index contributed by atoms with van der Waals surface area (Å²) in [6, 6.07) is 9.76. The topological polar surface area (TPSA) is 77.3 Å². The van der Waals surface area contributed by atoms with Crippen LogP contribution in [-0.2, 0) is 12.7 Å². The molecule has 2 aromatic carbocycles.